The van der Waals surface area contributed by atoms with Gasteiger partial charge in [-0.25, -0.2) is 4.39 Å². The quantitative estimate of drug-likeness (QED) is 0.782. The molecule has 1 rings (SSSR count). The van der Waals surface area contributed by atoms with Crippen LogP contribution in [0.2, 0.25) is 0 Å². The van der Waals surface area contributed by atoms with Crippen LogP contribution < -0.4 is 0 Å². The third kappa shape index (κ3) is 3.94. The van der Waals surface area contributed by atoms with E-state index in [2.05, 4.69) is 15.9 Å². The SMILES string of the molecule is CC(=O)SCC(O)C(O)c1cc(Br)cc(F)c1O. The molecule has 0 aliphatic carbocycles. The van der Waals surface area contributed by atoms with Crippen molar-refractivity contribution in [3.05, 3.63) is 28.0 Å². The minimum absolute atomic E-state index is 0.0376. The fourth-order valence-electron chi connectivity index (χ4n) is 1.31. The van der Waals surface area contributed by atoms with Crippen LogP contribution in [0, 0.1) is 5.82 Å². The molecule has 0 radical (unpaired) electrons. The number of benzene rings is 1. The number of rotatable bonds is 4. The number of aromatic hydroxyl groups is 1. The van der Waals surface area contributed by atoms with Crippen LogP contribution in [0.5, 0.6) is 5.75 Å². The molecule has 100 valence electrons. The zero-order valence-corrected chi connectivity index (χ0v) is 11.8. The maximum absolute atomic E-state index is 13.2. The smallest absolute Gasteiger partial charge is 0.185 e. The maximum Gasteiger partial charge on any atom is 0.185 e. The molecule has 0 amide bonds. The van der Waals surface area contributed by atoms with Crippen molar-refractivity contribution < 1.29 is 24.5 Å². The number of phenols is 1. The monoisotopic (exact) mass is 338 g/mol. The van der Waals surface area contributed by atoms with Crippen molar-refractivity contribution in [1.82, 2.24) is 0 Å². The van der Waals surface area contributed by atoms with Crippen molar-refractivity contribution in [1.29, 1.82) is 0 Å². The first-order valence-corrected chi connectivity index (χ1v) is 6.78. The third-order valence-corrected chi connectivity index (χ3v) is 3.57. The number of hydrogen-bond donors (Lipinski definition) is 3. The molecule has 1 aromatic rings. The van der Waals surface area contributed by atoms with Gasteiger partial charge in [-0.3, -0.25) is 4.79 Å². The van der Waals surface area contributed by atoms with Crippen molar-refractivity contribution >= 4 is 32.8 Å². The van der Waals surface area contributed by atoms with Crippen LogP contribution in [0.25, 0.3) is 0 Å². The number of phenolic OH excluding ortho intramolecular Hbond substituents is 1. The fourth-order valence-corrected chi connectivity index (χ4v) is 2.35. The van der Waals surface area contributed by atoms with E-state index < -0.39 is 23.8 Å². The maximum atomic E-state index is 13.2. The molecule has 0 spiro atoms. The number of carbonyl (C=O) groups excluding carboxylic acids is 1. The molecule has 4 nitrogen and oxygen atoms in total. The Bertz CT molecular complexity index is 455. The first-order valence-electron chi connectivity index (χ1n) is 5.00. The van der Waals surface area contributed by atoms with Gasteiger partial charge in [-0.15, -0.1) is 0 Å². The summed E-state index contributed by atoms with van der Waals surface area (Å²) in [5, 5.41) is 28.7. The molecule has 0 saturated carbocycles. The average molecular weight is 339 g/mol. The summed E-state index contributed by atoms with van der Waals surface area (Å²) < 4.78 is 13.6. The van der Waals surface area contributed by atoms with Crippen LogP contribution in [0.4, 0.5) is 4.39 Å². The Morgan fingerprint density at radius 3 is 2.67 bits per heavy atom. The second-order valence-corrected chi connectivity index (χ2v) is 5.75. The Hall–Kier alpha value is -0.630. The van der Waals surface area contributed by atoms with Crippen LogP contribution in [0.3, 0.4) is 0 Å². The first kappa shape index (κ1) is 15.4. The molecule has 18 heavy (non-hydrogen) atoms. The Morgan fingerprint density at radius 1 is 1.50 bits per heavy atom. The van der Waals surface area contributed by atoms with E-state index in [1.54, 1.807) is 0 Å². The summed E-state index contributed by atoms with van der Waals surface area (Å²) in [7, 11) is 0. The zero-order chi connectivity index (χ0) is 13.9. The molecule has 0 heterocycles. The van der Waals surface area contributed by atoms with Crippen LogP contribution in [-0.2, 0) is 4.79 Å². The fraction of sp³-hybridized carbons (Fsp3) is 0.364. The highest BCUT2D eigenvalue weighted by atomic mass is 79.9. The molecule has 0 aliphatic rings. The summed E-state index contributed by atoms with van der Waals surface area (Å²) in [4.78, 5) is 10.7. The standard InChI is InChI=1S/C11H12BrFO4S/c1-5(14)18-4-9(15)11(17)7-2-6(12)3-8(13)10(7)16/h2-3,9,11,15-17H,4H2,1H3. The summed E-state index contributed by atoms with van der Waals surface area (Å²) in [6.07, 6.45) is -2.75. The molecule has 3 N–H and O–H groups in total. The number of hydrogen-bond acceptors (Lipinski definition) is 5. The van der Waals surface area contributed by atoms with Crippen LogP contribution >= 0.6 is 27.7 Å². The summed E-state index contributed by atoms with van der Waals surface area (Å²) in [6.45, 7) is 1.33. The number of aliphatic hydroxyl groups excluding tert-OH is 2. The van der Waals surface area contributed by atoms with Gasteiger partial charge in [0.15, 0.2) is 16.7 Å². The molecule has 0 saturated heterocycles. The number of carbonyl (C=O) groups is 1. The number of thioether (sulfide) groups is 1. The van der Waals surface area contributed by atoms with E-state index in [-0.39, 0.29) is 16.4 Å². The molecule has 0 fully saturated rings. The topological polar surface area (TPSA) is 77.8 Å². The van der Waals surface area contributed by atoms with Gasteiger partial charge in [0, 0.05) is 22.7 Å². The lowest BCUT2D eigenvalue weighted by molar-refractivity contribution is -0.109. The van der Waals surface area contributed by atoms with Crippen molar-refractivity contribution in [2.45, 2.75) is 19.1 Å². The molecular formula is C11H12BrFO4S. The third-order valence-electron chi connectivity index (χ3n) is 2.20. The second kappa shape index (κ2) is 6.51. The molecule has 0 aromatic heterocycles. The van der Waals surface area contributed by atoms with Crippen molar-refractivity contribution in [3.63, 3.8) is 0 Å². The number of aliphatic hydroxyl groups is 2. The van der Waals surface area contributed by atoms with E-state index in [9.17, 15) is 24.5 Å². The van der Waals surface area contributed by atoms with E-state index in [4.69, 9.17) is 0 Å². The highest BCUT2D eigenvalue weighted by molar-refractivity contribution is 9.10. The van der Waals surface area contributed by atoms with Crippen LogP contribution in [-0.4, -0.2) is 32.3 Å². The Labute approximate surface area is 116 Å². The Balaban J connectivity index is 2.89. The van der Waals surface area contributed by atoms with E-state index in [0.29, 0.717) is 4.47 Å². The van der Waals surface area contributed by atoms with Crippen LogP contribution in [0.1, 0.15) is 18.6 Å². The van der Waals surface area contributed by atoms with Gasteiger partial charge >= 0.3 is 0 Å². The molecule has 2 atom stereocenters. The summed E-state index contributed by atoms with van der Waals surface area (Å²) in [5.41, 5.74) is -0.126. The molecule has 1 aromatic carbocycles. The summed E-state index contributed by atoms with van der Waals surface area (Å²) in [6, 6.07) is 2.35. The van der Waals surface area contributed by atoms with Gasteiger partial charge in [0.1, 0.15) is 6.10 Å². The van der Waals surface area contributed by atoms with E-state index in [1.807, 2.05) is 0 Å². The predicted molar refractivity (Wildman–Crippen MR) is 69.9 cm³/mol. The Morgan fingerprint density at radius 2 is 2.11 bits per heavy atom. The predicted octanol–water partition coefficient (Wildman–Crippen LogP) is 1.97. The average Bonchev–Trinajstić information content (AvgIpc) is 2.29. The zero-order valence-electron chi connectivity index (χ0n) is 9.43. The number of halogens is 2. The van der Waals surface area contributed by atoms with Gasteiger partial charge in [0.2, 0.25) is 0 Å². The van der Waals surface area contributed by atoms with Gasteiger partial charge < -0.3 is 15.3 Å². The summed E-state index contributed by atoms with van der Waals surface area (Å²) >= 11 is 3.86. The van der Waals surface area contributed by atoms with E-state index >= 15 is 0 Å². The normalized spacial score (nSPS) is 14.3. The lowest BCUT2D eigenvalue weighted by atomic mass is 10.0. The van der Waals surface area contributed by atoms with E-state index in [0.717, 1.165) is 17.8 Å². The lowest BCUT2D eigenvalue weighted by Crippen LogP contribution is -2.21. The molecule has 7 heteroatoms. The van der Waals surface area contributed by atoms with Gasteiger partial charge in [0.05, 0.1) is 6.10 Å². The lowest BCUT2D eigenvalue weighted by Gasteiger charge is -2.18. The molecular weight excluding hydrogens is 327 g/mol. The van der Waals surface area contributed by atoms with Gasteiger partial charge in [-0.2, -0.15) is 0 Å². The van der Waals surface area contributed by atoms with Gasteiger partial charge in [0.25, 0.3) is 0 Å². The second-order valence-electron chi connectivity index (χ2n) is 3.64. The molecule has 0 aliphatic heterocycles. The van der Waals surface area contributed by atoms with Crippen molar-refractivity contribution in [2.75, 3.05) is 5.75 Å². The minimum Gasteiger partial charge on any atom is -0.505 e. The van der Waals surface area contributed by atoms with Gasteiger partial charge in [-0.05, 0) is 12.1 Å². The first-order chi connectivity index (χ1) is 8.32. The summed E-state index contributed by atoms with van der Waals surface area (Å²) in [5.74, 6) is -1.65. The molecule has 2 unspecified atom stereocenters. The highest BCUT2D eigenvalue weighted by Gasteiger charge is 2.24. The molecule has 0 bridgehead atoms. The van der Waals surface area contributed by atoms with Crippen molar-refractivity contribution in [3.8, 4) is 5.75 Å². The van der Waals surface area contributed by atoms with Gasteiger partial charge in [-0.1, -0.05) is 27.7 Å². The largest absolute Gasteiger partial charge is 0.505 e. The Kier molecular flexibility index (Phi) is 5.58. The van der Waals surface area contributed by atoms with Crippen LogP contribution in [0.15, 0.2) is 16.6 Å². The van der Waals surface area contributed by atoms with E-state index in [1.165, 1.54) is 13.0 Å². The highest BCUT2D eigenvalue weighted by Crippen LogP contribution is 2.32. The minimum atomic E-state index is -1.47. The van der Waals surface area contributed by atoms with Crippen molar-refractivity contribution in [2.24, 2.45) is 0 Å².